The number of hydrogen-bond donors (Lipinski definition) is 1. The number of methoxy groups -OCH3 is 2. The van der Waals surface area contributed by atoms with Crippen LogP contribution >= 0.6 is 0 Å². The molecule has 0 atom stereocenters. The van der Waals surface area contributed by atoms with E-state index >= 15 is 0 Å². The van der Waals surface area contributed by atoms with Gasteiger partial charge in [0.05, 0.1) is 31.8 Å². The predicted molar refractivity (Wildman–Crippen MR) is 69.7 cm³/mol. The highest BCUT2D eigenvalue weighted by Crippen LogP contribution is 2.31. The standard InChI is InChI=1S/C13H15N3O2/c1-8-10(14)7-15-13(16-8)9-4-5-11(17-2)12(6-9)18-3/h4-7H,14H2,1-3H3. The van der Waals surface area contributed by atoms with Crippen LogP contribution in [0.3, 0.4) is 0 Å². The molecule has 2 N–H and O–H groups in total. The molecule has 1 heterocycles. The fourth-order valence-corrected chi connectivity index (χ4v) is 1.59. The lowest BCUT2D eigenvalue weighted by Gasteiger charge is -2.09. The lowest BCUT2D eigenvalue weighted by atomic mass is 10.2. The van der Waals surface area contributed by atoms with Crippen molar-refractivity contribution in [1.29, 1.82) is 0 Å². The maximum Gasteiger partial charge on any atom is 0.161 e. The first kappa shape index (κ1) is 12.2. The Labute approximate surface area is 106 Å². The molecule has 0 aliphatic carbocycles. The van der Waals surface area contributed by atoms with Gasteiger partial charge in [0.2, 0.25) is 0 Å². The maximum absolute atomic E-state index is 5.70. The van der Waals surface area contributed by atoms with Gasteiger partial charge in [-0.25, -0.2) is 9.97 Å². The molecule has 5 nitrogen and oxygen atoms in total. The number of anilines is 1. The molecule has 0 amide bonds. The first-order valence-electron chi connectivity index (χ1n) is 5.47. The molecule has 0 spiro atoms. The molecule has 0 fully saturated rings. The zero-order valence-corrected chi connectivity index (χ0v) is 10.6. The van der Waals surface area contributed by atoms with E-state index in [0.29, 0.717) is 23.0 Å². The molecule has 5 heteroatoms. The molecule has 1 aromatic heterocycles. The van der Waals surface area contributed by atoms with E-state index in [9.17, 15) is 0 Å². The van der Waals surface area contributed by atoms with Crippen LogP contribution in [0.2, 0.25) is 0 Å². The van der Waals surface area contributed by atoms with E-state index in [1.165, 1.54) is 0 Å². The smallest absolute Gasteiger partial charge is 0.161 e. The highest BCUT2D eigenvalue weighted by Gasteiger charge is 2.08. The third kappa shape index (κ3) is 2.20. The molecule has 18 heavy (non-hydrogen) atoms. The average Bonchev–Trinajstić information content (AvgIpc) is 2.41. The molecule has 1 aromatic carbocycles. The summed E-state index contributed by atoms with van der Waals surface area (Å²) in [6.45, 7) is 1.85. The van der Waals surface area contributed by atoms with E-state index in [1.807, 2.05) is 25.1 Å². The van der Waals surface area contributed by atoms with Gasteiger partial charge < -0.3 is 15.2 Å². The zero-order valence-electron chi connectivity index (χ0n) is 10.6. The summed E-state index contributed by atoms with van der Waals surface area (Å²) >= 11 is 0. The minimum absolute atomic E-state index is 0.583. The van der Waals surface area contributed by atoms with Crippen LogP contribution in [-0.2, 0) is 0 Å². The Bertz CT molecular complexity index is 570. The van der Waals surface area contributed by atoms with Crippen LogP contribution < -0.4 is 15.2 Å². The summed E-state index contributed by atoms with van der Waals surface area (Å²) in [7, 11) is 3.19. The van der Waals surface area contributed by atoms with Gasteiger partial charge in [0.15, 0.2) is 17.3 Å². The van der Waals surface area contributed by atoms with Crippen LogP contribution in [0.4, 0.5) is 5.69 Å². The molecule has 0 saturated carbocycles. The van der Waals surface area contributed by atoms with E-state index in [1.54, 1.807) is 20.4 Å². The number of rotatable bonds is 3. The molecule has 2 aromatic rings. The van der Waals surface area contributed by atoms with Crippen molar-refractivity contribution >= 4 is 5.69 Å². The quantitative estimate of drug-likeness (QED) is 0.896. The monoisotopic (exact) mass is 245 g/mol. The predicted octanol–water partition coefficient (Wildman–Crippen LogP) is 2.05. The Morgan fingerprint density at radius 1 is 1.11 bits per heavy atom. The van der Waals surface area contributed by atoms with Crippen LogP contribution in [0, 0.1) is 6.92 Å². The molecule has 0 bridgehead atoms. The van der Waals surface area contributed by atoms with Crippen molar-refractivity contribution in [3.8, 4) is 22.9 Å². The summed E-state index contributed by atoms with van der Waals surface area (Å²) in [6.07, 6.45) is 1.61. The van der Waals surface area contributed by atoms with Crippen LogP contribution in [0.5, 0.6) is 11.5 Å². The van der Waals surface area contributed by atoms with Crippen molar-refractivity contribution in [2.45, 2.75) is 6.92 Å². The third-order valence-electron chi connectivity index (χ3n) is 2.66. The van der Waals surface area contributed by atoms with Crippen molar-refractivity contribution < 1.29 is 9.47 Å². The van der Waals surface area contributed by atoms with Crippen molar-refractivity contribution in [3.05, 3.63) is 30.1 Å². The highest BCUT2D eigenvalue weighted by molar-refractivity contribution is 5.62. The second-order valence-electron chi connectivity index (χ2n) is 3.80. The Morgan fingerprint density at radius 2 is 1.83 bits per heavy atom. The largest absolute Gasteiger partial charge is 0.493 e. The van der Waals surface area contributed by atoms with Gasteiger partial charge in [0, 0.05) is 5.56 Å². The molecule has 0 saturated heterocycles. The number of aryl methyl sites for hydroxylation is 1. The van der Waals surface area contributed by atoms with E-state index in [0.717, 1.165) is 11.3 Å². The Morgan fingerprint density at radius 3 is 2.44 bits per heavy atom. The molecular weight excluding hydrogens is 230 g/mol. The van der Waals surface area contributed by atoms with E-state index < -0.39 is 0 Å². The SMILES string of the molecule is COc1ccc(-c2ncc(N)c(C)n2)cc1OC. The third-order valence-corrected chi connectivity index (χ3v) is 2.66. The fraction of sp³-hybridized carbons (Fsp3) is 0.231. The van der Waals surface area contributed by atoms with Crippen molar-refractivity contribution in [3.63, 3.8) is 0 Å². The number of benzene rings is 1. The van der Waals surface area contributed by atoms with Crippen LogP contribution in [0.15, 0.2) is 24.4 Å². The second-order valence-corrected chi connectivity index (χ2v) is 3.80. The van der Waals surface area contributed by atoms with Gasteiger partial charge in [0.1, 0.15) is 0 Å². The van der Waals surface area contributed by atoms with Crippen molar-refractivity contribution in [2.75, 3.05) is 20.0 Å². The molecular formula is C13H15N3O2. The first-order valence-corrected chi connectivity index (χ1v) is 5.47. The van der Waals surface area contributed by atoms with Gasteiger partial charge >= 0.3 is 0 Å². The van der Waals surface area contributed by atoms with Gasteiger partial charge in [-0.1, -0.05) is 0 Å². The summed E-state index contributed by atoms with van der Waals surface area (Å²) in [5, 5.41) is 0. The minimum atomic E-state index is 0.583. The Balaban J connectivity index is 2.47. The number of ether oxygens (including phenoxy) is 2. The highest BCUT2D eigenvalue weighted by atomic mass is 16.5. The lowest BCUT2D eigenvalue weighted by molar-refractivity contribution is 0.355. The molecule has 0 radical (unpaired) electrons. The van der Waals surface area contributed by atoms with Gasteiger partial charge in [-0.2, -0.15) is 0 Å². The van der Waals surface area contributed by atoms with Gasteiger partial charge in [-0.3, -0.25) is 0 Å². The van der Waals surface area contributed by atoms with Gasteiger partial charge in [-0.05, 0) is 25.1 Å². The average molecular weight is 245 g/mol. The summed E-state index contributed by atoms with van der Waals surface area (Å²) < 4.78 is 10.4. The number of aromatic nitrogens is 2. The summed E-state index contributed by atoms with van der Waals surface area (Å²) in [4.78, 5) is 8.55. The maximum atomic E-state index is 5.70. The fourth-order valence-electron chi connectivity index (χ4n) is 1.59. The van der Waals surface area contributed by atoms with Gasteiger partial charge in [-0.15, -0.1) is 0 Å². The topological polar surface area (TPSA) is 70.3 Å². The van der Waals surface area contributed by atoms with Crippen LogP contribution in [0.1, 0.15) is 5.69 Å². The zero-order chi connectivity index (χ0) is 13.1. The number of hydrogen-bond acceptors (Lipinski definition) is 5. The molecule has 0 aliphatic heterocycles. The number of nitrogens with two attached hydrogens (primary N) is 1. The molecule has 94 valence electrons. The van der Waals surface area contributed by atoms with Crippen molar-refractivity contribution in [1.82, 2.24) is 9.97 Å². The Hall–Kier alpha value is -2.30. The van der Waals surface area contributed by atoms with Gasteiger partial charge in [0.25, 0.3) is 0 Å². The second kappa shape index (κ2) is 4.91. The number of nitrogens with zero attached hydrogens (tertiary/aromatic N) is 2. The summed E-state index contributed by atoms with van der Waals surface area (Å²) in [6, 6.07) is 5.54. The molecule has 0 unspecified atom stereocenters. The lowest BCUT2D eigenvalue weighted by Crippen LogP contribution is -1.98. The van der Waals surface area contributed by atoms with E-state index in [-0.39, 0.29) is 0 Å². The van der Waals surface area contributed by atoms with Crippen molar-refractivity contribution in [2.24, 2.45) is 0 Å². The van der Waals surface area contributed by atoms with E-state index in [4.69, 9.17) is 15.2 Å². The van der Waals surface area contributed by atoms with Crippen LogP contribution in [0.25, 0.3) is 11.4 Å². The summed E-state index contributed by atoms with van der Waals surface area (Å²) in [5.74, 6) is 1.93. The molecule has 2 rings (SSSR count). The Kier molecular flexibility index (Phi) is 3.32. The first-order chi connectivity index (χ1) is 8.65. The number of nitrogen functional groups attached to an aromatic ring is 1. The summed E-state index contributed by atoms with van der Waals surface area (Å²) in [5.41, 5.74) is 7.90. The van der Waals surface area contributed by atoms with E-state index in [2.05, 4.69) is 9.97 Å². The van der Waals surface area contributed by atoms with Crippen LogP contribution in [-0.4, -0.2) is 24.2 Å². The normalized spacial score (nSPS) is 10.2. The minimum Gasteiger partial charge on any atom is -0.493 e. The molecule has 0 aliphatic rings.